The van der Waals surface area contributed by atoms with Gasteiger partial charge in [0.15, 0.2) is 5.78 Å². The molecule has 1 aromatic rings. The van der Waals surface area contributed by atoms with Crippen molar-refractivity contribution in [2.45, 2.75) is 0 Å². The molecule has 88 valence electrons. The van der Waals surface area contributed by atoms with Gasteiger partial charge < -0.3 is 4.74 Å². The summed E-state index contributed by atoms with van der Waals surface area (Å²) in [6.45, 7) is 0. The van der Waals surface area contributed by atoms with Gasteiger partial charge in [-0.25, -0.2) is 0 Å². The molecule has 0 unspecified atom stereocenters. The number of Topliss-reactive ketones (excluding diaryl/α,β-unsaturated/α-hetero) is 1. The topological polar surface area (TPSA) is 93.2 Å². The van der Waals surface area contributed by atoms with Crippen LogP contribution in [0.4, 0.5) is 5.69 Å². The number of rotatable bonds is 4. The minimum absolute atomic E-state index is 0.0506. The quantitative estimate of drug-likeness (QED) is 0.367. The fourth-order valence-electron chi connectivity index (χ4n) is 1.27. The summed E-state index contributed by atoms with van der Waals surface area (Å²) >= 11 is 2.93. The van der Waals surface area contributed by atoms with Crippen molar-refractivity contribution >= 4 is 27.4 Å². The lowest BCUT2D eigenvalue weighted by molar-refractivity contribution is -0.385. The molecule has 0 saturated heterocycles. The zero-order valence-corrected chi connectivity index (χ0v) is 10.4. The van der Waals surface area contributed by atoms with E-state index in [-0.39, 0.29) is 27.9 Å². The summed E-state index contributed by atoms with van der Waals surface area (Å²) in [5.74, 6) is -0.388. The van der Waals surface area contributed by atoms with E-state index >= 15 is 0 Å². The second-order valence-corrected chi connectivity index (χ2v) is 3.56. The molecule has 0 aromatic heterocycles. The second-order valence-electron chi connectivity index (χ2n) is 3.00. The van der Waals surface area contributed by atoms with Crippen molar-refractivity contribution in [2.24, 2.45) is 0 Å². The van der Waals surface area contributed by atoms with Crippen LogP contribution in [0.1, 0.15) is 15.9 Å². The molecule has 0 bridgehead atoms. The van der Waals surface area contributed by atoms with Gasteiger partial charge in [-0.2, -0.15) is 5.26 Å². The summed E-state index contributed by atoms with van der Waals surface area (Å²) < 4.78 is 4.85. The highest BCUT2D eigenvalue weighted by atomic mass is 79.9. The number of nitriles is 1. The molecule has 1 aromatic carbocycles. The van der Waals surface area contributed by atoms with Gasteiger partial charge in [0, 0.05) is 0 Å². The lowest BCUT2D eigenvalue weighted by Gasteiger charge is -2.05. The van der Waals surface area contributed by atoms with E-state index in [1.165, 1.54) is 13.2 Å². The van der Waals surface area contributed by atoms with Gasteiger partial charge in [0.1, 0.15) is 11.8 Å². The Hall–Kier alpha value is -1.94. The number of carbonyl (C=O) groups excluding carboxylic acids is 1. The van der Waals surface area contributed by atoms with Crippen LogP contribution in [-0.4, -0.2) is 23.1 Å². The van der Waals surface area contributed by atoms with E-state index < -0.39 is 10.7 Å². The Labute approximate surface area is 105 Å². The first-order valence-corrected chi connectivity index (χ1v) is 5.53. The van der Waals surface area contributed by atoms with Crippen molar-refractivity contribution in [1.82, 2.24) is 0 Å². The van der Waals surface area contributed by atoms with E-state index in [1.807, 2.05) is 6.07 Å². The fourth-order valence-corrected chi connectivity index (χ4v) is 1.57. The van der Waals surface area contributed by atoms with E-state index in [9.17, 15) is 14.9 Å². The predicted molar refractivity (Wildman–Crippen MR) is 62.5 cm³/mol. The number of alkyl halides is 1. The molecule has 0 radical (unpaired) electrons. The van der Waals surface area contributed by atoms with E-state index in [2.05, 4.69) is 15.9 Å². The van der Waals surface area contributed by atoms with Crippen molar-refractivity contribution in [2.75, 3.05) is 12.4 Å². The minimum atomic E-state index is -0.681. The van der Waals surface area contributed by atoms with Gasteiger partial charge in [-0.15, -0.1) is 0 Å². The fraction of sp³-hybridized carbons (Fsp3) is 0.200. The molecule has 17 heavy (non-hydrogen) atoms. The Balaban J connectivity index is 3.52. The van der Waals surface area contributed by atoms with Gasteiger partial charge in [0.2, 0.25) is 0 Å². The second kappa shape index (κ2) is 5.41. The van der Waals surface area contributed by atoms with Gasteiger partial charge in [-0.3, -0.25) is 14.9 Å². The van der Waals surface area contributed by atoms with E-state index in [4.69, 9.17) is 10.00 Å². The smallest absolute Gasteiger partial charge is 0.284 e. The molecule has 0 N–H and O–H groups in total. The first-order chi connectivity index (χ1) is 8.04. The summed E-state index contributed by atoms with van der Waals surface area (Å²) in [4.78, 5) is 21.6. The number of carbonyl (C=O) groups is 1. The molecule has 0 spiro atoms. The lowest BCUT2D eigenvalue weighted by atomic mass is 10.1. The Morgan fingerprint density at radius 3 is 2.71 bits per heavy atom. The van der Waals surface area contributed by atoms with Crippen LogP contribution in [0.15, 0.2) is 12.1 Å². The zero-order chi connectivity index (χ0) is 13.0. The van der Waals surface area contributed by atoms with Gasteiger partial charge in [-0.05, 0) is 6.07 Å². The van der Waals surface area contributed by atoms with E-state index in [0.29, 0.717) is 0 Å². The summed E-state index contributed by atoms with van der Waals surface area (Å²) in [7, 11) is 1.30. The Morgan fingerprint density at radius 1 is 1.65 bits per heavy atom. The van der Waals surface area contributed by atoms with Crippen molar-refractivity contribution in [3.63, 3.8) is 0 Å². The molecule has 0 aliphatic heterocycles. The summed E-state index contributed by atoms with van der Waals surface area (Å²) in [5, 5.41) is 19.6. The summed E-state index contributed by atoms with van der Waals surface area (Å²) in [6.07, 6.45) is 0. The number of ketones is 1. The number of benzene rings is 1. The third-order valence-electron chi connectivity index (χ3n) is 2.06. The number of halogens is 1. The molecule has 0 heterocycles. The average Bonchev–Trinajstić information content (AvgIpc) is 2.35. The van der Waals surface area contributed by atoms with Gasteiger partial charge in [0.05, 0.1) is 34.6 Å². The van der Waals surface area contributed by atoms with Crippen molar-refractivity contribution in [3.8, 4) is 11.8 Å². The van der Waals surface area contributed by atoms with Crippen LogP contribution in [-0.2, 0) is 0 Å². The van der Waals surface area contributed by atoms with Crippen LogP contribution < -0.4 is 4.74 Å². The van der Waals surface area contributed by atoms with E-state index in [0.717, 1.165) is 6.07 Å². The molecule has 0 aliphatic carbocycles. The summed E-state index contributed by atoms with van der Waals surface area (Å²) in [5.41, 5.74) is -0.392. The molecular formula is C10H7BrN2O4. The average molecular weight is 299 g/mol. The SMILES string of the molecule is COc1cc([N+](=O)[O-])c(C(=O)CBr)cc1C#N. The van der Waals surface area contributed by atoms with Crippen LogP contribution in [0.5, 0.6) is 5.75 Å². The highest BCUT2D eigenvalue weighted by molar-refractivity contribution is 9.09. The number of hydrogen-bond donors (Lipinski definition) is 0. The monoisotopic (exact) mass is 298 g/mol. The normalized spacial score (nSPS) is 9.47. The third kappa shape index (κ3) is 2.60. The van der Waals surface area contributed by atoms with Crippen molar-refractivity contribution in [3.05, 3.63) is 33.4 Å². The first-order valence-electron chi connectivity index (χ1n) is 4.40. The van der Waals surface area contributed by atoms with Crippen LogP contribution in [0, 0.1) is 21.4 Å². The number of nitro groups is 1. The van der Waals surface area contributed by atoms with Crippen LogP contribution >= 0.6 is 15.9 Å². The van der Waals surface area contributed by atoms with Crippen LogP contribution in [0.3, 0.4) is 0 Å². The molecule has 6 nitrogen and oxygen atoms in total. The molecule has 0 saturated carbocycles. The molecular weight excluding hydrogens is 292 g/mol. The maximum absolute atomic E-state index is 11.5. The van der Waals surface area contributed by atoms with Gasteiger partial charge in [-0.1, -0.05) is 15.9 Å². The summed E-state index contributed by atoms with van der Waals surface area (Å²) in [6, 6.07) is 4.06. The highest BCUT2D eigenvalue weighted by Gasteiger charge is 2.23. The Bertz CT molecular complexity index is 522. The molecule has 0 fully saturated rings. The van der Waals surface area contributed by atoms with Crippen LogP contribution in [0.25, 0.3) is 0 Å². The minimum Gasteiger partial charge on any atom is -0.495 e. The number of nitrogens with zero attached hydrogens (tertiary/aromatic N) is 2. The Morgan fingerprint density at radius 2 is 2.29 bits per heavy atom. The molecule has 0 amide bonds. The predicted octanol–water partition coefficient (Wildman–Crippen LogP) is 2.05. The largest absolute Gasteiger partial charge is 0.495 e. The van der Waals surface area contributed by atoms with Gasteiger partial charge in [0.25, 0.3) is 5.69 Å². The van der Waals surface area contributed by atoms with E-state index in [1.54, 1.807) is 0 Å². The molecule has 0 atom stereocenters. The maximum atomic E-state index is 11.5. The zero-order valence-electron chi connectivity index (χ0n) is 8.77. The number of nitro benzene ring substituents is 1. The standard InChI is InChI=1S/C10H7BrN2O4/c1-17-10-3-8(13(15)16)7(9(14)4-11)2-6(10)5-12/h2-3H,4H2,1H3. The van der Waals surface area contributed by atoms with Crippen molar-refractivity contribution in [1.29, 1.82) is 5.26 Å². The maximum Gasteiger partial charge on any atom is 0.284 e. The van der Waals surface area contributed by atoms with Crippen LogP contribution in [0.2, 0.25) is 0 Å². The van der Waals surface area contributed by atoms with Crippen molar-refractivity contribution < 1.29 is 14.5 Å². The number of hydrogen-bond acceptors (Lipinski definition) is 5. The molecule has 7 heteroatoms. The first kappa shape index (κ1) is 13.1. The number of ether oxygens (including phenoxy) is 1. The third-order valence-corrected chi connectivity index (χ3v) is 2.57. The Kier molecular flexibility index (Phi) is 4.17. The lowest BCUT2D eigenvalue weighted by Crippen LogP contribution is -2.06. The number of methoxy groups -OCH3 is 1. The highest BCUT2D eigenvalue weighted by Crippen LogP contribution is 2.29. The molecule has 1 rings (SSSR count). The molecule has 0 aliphatic rings. The van der Waals surface area contributed by atoms with Gasteiger partial charge >= 0.3 is 0 Å².